The van der Waals surface area contributed by atoms with Gasteiger partial charge in [0, 0.05) is 10.8 Å². The third-order valence-electron chi connectivity index (χ3n) is 0.961. The molecule has 0 saturated carbocycles. The van der Waals surface area contributed by atoms with E-state index in [1.165, 1.54) is 0 Å². The van der Waals surface area contributed by atoms with Crippen LogP contribution in [-0.2, 0) is 21.8 Å². The fraction of sp³-hybridized carbons (Fsp3) is 0. The number of hydrogen-bond donors (Lipinski definition) is 0. The Labute approximate surface area is 73.6 Å². The fourth-order valence-electron chi connectivity index (χ4n) is 0.524. The maximum atomic E-state index is 3.92. The summed E-state index contributed by atoms with van der Waals surface area (Å²) in [6, 6.07) is 0. The zero-order chi connectivity index (χ0) is 8.23. The molecule has 2 aliphatic rings. The largest absolute Gasteiger partial charge is 0.150 e. The molecule has 0 aromatic carbocycles. The molecule has 0 spiro atoms. The molecule has 0 fully saturated rings. The van der Waals surface area contributed by atoms with Gasteiger partial charge >= 0.3 is 0 Å². The van der Waals surface area contributed by atoms with Gasteiger partial charge in [-0.1, -0.05) is 18.0 Å². The van der Waals surface area contributed by atoms with E-state index in [9.17, 15) is 0 Å². The first-order chi connectivity index (χ1) is 5.95. The highest BCUT2D eigenvalue weighted by Gasteiger charge is 1.95. The Kier molecular flexibility index (Phi) is 2.28. The van der Waals surface area contributed by atoms with Crippen molar-refractivity contribution in [2.45, 2.75) is 0 Å². The van der Waals surface area contributed by atoms with Crippen molar-refractivity contribution in [2.75, 3.05) is 0 Å². The van der Waals surface area contributed by atoms with Crippen LogP contribution in [0.3, 0.4) is 0 Å². The molecular formula is C4H4N6S2. The minimum atomic E-state index is -0.516. The third-order valence-corrected chi connectivity index (χ3v) is 2.82. The van der Waals surface area contributed by atoms with Gasteiger partial charge in [0.25, 0.3) is 0 Å². The van der Waals surface area contributed by atoms with Crippen LogP contribution < -0.4 is 0 Å². The van der Waals surface area contributed by atoms with Crippen LogP contribution in [0.2, 0.25) is 0 Å². The number of nitrogens with zero attached hydrogens (tertiary/aromatic N) is 6. The second-order valence-electron chi connectivity index (χ2n) is 1.71. The van der Waals surface area contributed by atoms with Crippen molar-refractivity contribution in [1.82, 2.24) is 0 Å². The van der Waals surface area contributed by atoms with Gasteiger partial charge in [-0.25, -0.2) is 0 Å². The van der Waals surface area contributed by atoms with Crippen molar-refractivity contribution >= 4 is 21.8 Å². The molecule has 0 aromatic heterocycles. The number of rotatable bonds is 1. The molecule has 12 heavy (non-hydrogen) atoms. The van der Waals surface area contributed by atoms with Crippen LogP contribution >= 0.6 is 0 Å². The highest BCUT2D eigenvalue weighted by molar-refractivity contribution is 7.90. The Morgan fingerprint density at radius 2 is 1.33 bits per heavy atom. The van der Waals surface area contributed by atoms with E-state index in [0.717, 1.165) is 0 Å². The SMILES string of the molecule is C1=C/S(=N\N=S2/C=CN=N2)N=N1. The molecule has 2 atom stereocenters. The molecule has 2 rings (SSSR count). The van der Waals surface area contributed by atoms with Crippen LogP contribution in [-0.4, -0.2) is 0 Å². The predicted octanol–water partition coefficient (Wildman–Crippen LogP) is 2.21. The molecule has 2 aliphatic heterocycles. The minimum absolute atomic E-state index is 0.516. The Bertz CT molecular complexity index is 298. The van der Waals surface area contributed by atoms with Gasteiger partial charge in [0.15, 0.2) is 0 Å². The summed E-state index contributed by atoms with van der Waals surface area (Å²) in [5.74, 6) is 0. The van der Waals surface area contributed by atoms with Gasteiger partial charge in [-0.3, -0.25) is 0 Å². The Morgan fingerprint density at radius 3 is 1.67 bits per heavy atom. The molecule has 0 amide bonds. The molecule has 62 valence electrons. The lowest BCUT2D eigenvalue weighted by Crippen LogP contribution is -1.72. The summed E-state index contributed by atoms with van der Waals surface area (Å²) >= 11 is 0. The molecule has 6 nitrogen and oxygen atoms in total. The van der Waals surface area contributed by atoms with E-state index in [-0.39, 0.29) is 0 Å². The highest BCUT2D eigenvalue weighted by atomic mass is 32.2. The first kappa shape index (κ1) is 7.62. The highest BCUT2D eigenvalue weighted by Crippen LogP contribution is 2.07. The summed E-state index contributed by atoms with van der Waals surface area (Å²) in [5.41, 5.74) is 0. The zero-order valence-corrected chi connectivity index (χ0v) is 7.44. The fourth-order valence-corrected chi connectivity index (χ4v) is 1.98. The monoisotopic (exact) mass is 200 g/mol. The lowest BCUT2D eigenvalue weighted by atomic mass is 11.1. The Morgan fingerprint density at radius 1 is 0.833 bits per heavy atom. The van der Waals surface area contributed by atoms with E-state index in [1.54, 1.807) is 23.2 Å². The topological polar surface area (TPSA) is 74.2 Å². The summed E-state index contributed by atoms with van der Waals surface area (Å²) in [6.45, 7) is 0. The lowest BCUT2D eigenvalue weighted by molar-refractivity contribution is 1.29. The van der Waals surface area contributed by atoms with Crippen molar-refractivity contribution in [2.24, 2.45) is 28.2 Å². The molecule has 0 N–H and O–H groups in total. The van der Waals surface area contributed by atoms with Crippen molar-refractivity contribution in [1.29, 1.82) is 0 Å². The maximum absolute atomic E-state index is 3.92. The van der Waals surface area contributed by atoms with Crippen LogP contribution in [0.25, 0.3) is 0 Å². The summed E-state index contributed by atoms with van der Waals surface area (Å²) < 4.78 is 15.4. The van der Waals surface area contributed by atoms with Crippen molar-refractivity contribution in [3.8, 4) is 0 Å². The smallest absolute Gasteiger partial charge is 0.0909 e. The molecule has 2 heterocycles. The van der Waals surface area contributed by atoms with Crippen molar-refractivity contribution in [3.63, 3.8) is 0 Å². The van der Waals surface area contributed by atoms with Gasteiger partial charge in [-0.15, -0.1) is 10.2 Å². The lowest BCUT2D eigenvalue weighted by Gasteiger charge is -1.83. The normalized spacial score (nSPS) is 31.3. The molecule has 0 bridgehead atoms. The van der Waals surface area contributed by atoms with Crippen molar-refractivity contribution in [3.05, 3.63) is 23.2 Å². The van der Waals surface area contributed by atoms with E-state index < -0.39 is 21.8 Å². The van der Waals surface area contributed by atoms with Gasteiger partial charge in [0.2, 0.25) is 0 Å². The number of hydrogen-bond acceptors (Lipinski definition) is 2. The third kappa shape index (κ3) is 1.77. The van der Waals surface area contributed by atoms with Crippen LogP contribution in [0.15, 0.2) is 51.4 Å². The van der Waals surface area contributed by atoms with Gasteiger partial charge < -0.3 is 0 Å². The Hall–Kier alpha value is -1.02. The zero-order valence-electron chi connectivity index (χ0n) is 5.81. The summed E-state index contributed by atoms with van der Waals surface area (Å²) in [4.78, 5) is 0. The van der Waals surface area contributed by atoms with Crippen LogP contribution in [0, 0.1) is 0 Å². The first-order valence-electron chi connectivity index (χ1n) is 2.98. The first-order valence-corrected chi connectivity index (χ1v) is 5.39. The molecule has 0 radical (unpaired) electrons. The van der Waals surface area contributed by atoms with E-state index in [0.29, 0.717) is 0 Å². The van der Waals surface area contributed by atoms with E-state index in [2.05, 4.69) is 28.2 Å². The van der Waals surface area contributed by atoms with Crippen LogP contribution in [0.1, 0.15) is 0 Å². The predicted molar refractivity (Wildman–Crippen MR) is 47.6 cm³/mol. The second-order valence-corrected chi connectivity index (χ2v) is 4.08. The Balaban J connectivity index is 2.14. The minimum Gasteiger partial charge on any atom is -0.150 e. The van der Waals surface area contributed by atoms with E-state index >= 15 is 0 Å². The molecule has 0 aliphatic carbocycles. The molecule has 0 aromatic rings. The molecular weight excluding hydrogens is 196 g/mol. The average Bonchev–Trinajstić information content (AvgIpc) is 2.74. The van der Waals surface area contributed by atoms with Gasteiger partial charge in [0.05, 0.1) is 34.2 Å². The molecule has 0 saturated heterocycles. The molecule has 8 heteroatoms. The van der Waals surface area contributed by atoms with E-state index in [1.807, 2.05) is 0 Å². The second kappa shape index (κ2) is 3.59. The standard InChI is InChI=1S/C4H4N6S2/c1-3-11(7-5-1)9-10-12-4-2-6-8-12/h1-4H. The van der Waals surface area contributed by atoms with Crippen molar-refractivity contribution < 1.29 is 0 Å². The average molecular weight is 200 g/mol. The summed E-state index contributed by atoms with van der Waals surface area (Å²) in [6.07, 6.45) is 3.22. The van der Waals surface area contributed by atoms with Crippen LogP contribution in [0.4, 0.5) is 0 Å². The van der Waals surface area contributed by atoms with E-state index in [4.69, 9.17) is 0 Å². The van der Waals surface area contributed by atoms with Crippen LogP contribution in [0.5, 0.6) is 0 Å². The van der Waals surface area contributed by atoms with Gasteiger partial charge in [-0.2, -0.15) is 0 Å². The maximum Gasteiger partial charge on any atom is 0.0909 e. The molecule has 2 unspecified atom stereocenters. The van der Waals surface area contributed by atoms with Gasteiger partial charge in [-0.05, 0) is 0 Å². The quantitative estimate of drug-likeness (QED) is 0.582. The summed E-state index contributed by atoms with van der Waals surface area (Å²) in [7, 11) is -1.03. The summed E-state index contributed by atoms with van der Waals surface area (Å²) in [5, 5.41) is 10.9. The van der Waals surface area contributed by atoms with Gasteiger partial charge in [0.1, 0.15) is 0 Å².